The number of carbonyl (C=O) groups excluding carboxylic acids is 2. The summed E-state index contributed by atoms with van der Waals surface area (Å²) in [5, 5.41) is 13.3. The van der Waals surface area contributed by atoms with Crippen LogP contribution in [0.2, 0.25) is 0 Å². The fraction of sp³-hybridized carbons (Fsp3) is 0.269. The van der Waals surface area contributed by atoms with Crippen LogP contribution in [-0.4, -0.2) is 34.1 Å². The van der Waals surface area contributed by atoms with Crippen molar-refractivity contribution in [2.75, 3.05) is 7.11 Å². The van der Waals surface area contributed by atoms with Crippen molar-refractivity contribution in [2.45, 2.75) is 32.7 Å². The van der Waals surface area contributed by atoms with Crippen LogP contribution in [0.1, 0.15) is 48.3 Å². The molecule has 0 fully saturated rings. The third-order valence-electron chi connectivity index (χ3n) is 5.76. The molecule has 1 unspecified atom stereocenters. The number of amides is 1. The van der Waals surface area contributed by atoms with E-state index < -0.39 is 12.0 Å². The fourth-order valence-corrected chi connectivity index (χ4v) is 4.35. The van der Waals surface area contributed by atoms with Crippen LogP contribution in [0, 0.1) is 5.92 Å². The zero-order chi connectivity index (χ0) is 25.1. The molecule has 0 saturated heterocycles. The molecule has 182 valence electrons. The fourth-order valence-electron chi connectivity index (χ4n) is 3.87. The highest BCUT2D eigenvalue weighted by molar-refractivity contribution is 9.10. The number of para-hydroxylation sites is 1. The molecule has 9 heteroatoms. The number of phenols is 1. The topological polar surface area (TPSA) is 117 Å². The number of oxazole rings is 1. The van der Waals surface area contributed by atoms with Crippen molar-refractivity contribution in [1.82, 2.24) is 15.3 Å². The number of ether oxygens (including phenoxy) is 1. The Kier molecular flexibility index (Phi) is 7.25. The summed E-state index contributed by atoms with van der Waals surface area (Å²) < 4.78 is 12.0. The van der Waals surface area contributed by atoms with Crippen molar-refractivity contribution in [3.05, 3.63) is 70.3 Å². The summed E-state index contributed by atoms with van der Waals surface area (Å²) >= 11 is 3.52. The highest BCUT2D eigenvalue weighted by atomic mass is 79.9. The van der Waals surface area contributed by atoms with E-state index in [1.807, 2.05) is 32.0 Å². The molecule has 1 amide bonds. The maximum Gasteiger partial charge on any atom is 0.360 e. The normalized spacial score (nSPS) is 12.1. The molecular formula is C26H26BrN3O5. The number of benzene rings is 2. The van der Waals surface area contributed by atoms with Gasteiger partial charge < -0.3 is 24.6 Å². The average molecular weight is 540 g/mol. The van der Waals surface area contributed by atoms with E-state index in [2.05, 4.69) is 31.2 Å². The number of nitrogens with one attached hydrogen (secondary N) is 2. The van der Waals surface area contributed by atoms with E-state index in [-0.39, 0.29) is 41.3 Å². The molecule has 0 aliphatic carbocycles. The maximum absolute atomic E-state index is 12.8. The quantitative estimate of drug-likeness (QED) is 0.253. The van der Waals surface area contributed by atoms with Gasteiger partial charge >= 0.3 is 5.97 Å². The summed E-state index contributed by atoms with van der Waals surface area (Å²) in [6.45, 7) is 3.88. The summed E-state index contributed by atoms with van der Waals surface area (Å²) in [7, 11) is 1.29. The van der Waals surface area contributed by atoms with Crippen LogP contribution in [0.3, 0.4) is 0 Å². The number of H-pyrrole nitrogens is 1. The van der Waals surface area contributed by atoms with E-state index in [9.17, 15) is 14.7 Å². The summed E-state index contributed by atoms with van der Waals surface area (Å²) in [5.74, 6) is -0.158. The van der Waals surface area contributed by atoms with Crippen LogP contribution in [0.15, 0.2) is 57.6 Å². The Morgan fingerprint density at radius 2 is 1.94 bits per heavy atom. The third kappa shape index (κ3) is 5.24. The Labute approximate surface area is 210 Å². The lowest BCUT2D eigenvalue weighted by Gasteiger charge is -2.19. The number of aryl methyl sites for hydroxylation is 1. The minimum atomic E-state index is -0.625. The van der Waals surface area contributed by atoms with Crippen LogP contribution in [0.4, 0.5) is 0 Å². The number of aromatic nitrogens is 2. The smallest absolute Gasteiger partial charge is 0.360 e. The number of aromatic hydroxyl groups is 1. The first-order chi connectivity index (χ1) is 16.8. The number of phenolic OH excluding ortho intramolecular Hbond substituents is 1. The number of nitrogens with zero attached hydrogens (tertiary/aromatic N) is 1. The summed E-state index contributed by atoms with van der Waals surface area (Å²) in [4.78, 5) is 33.0. The molecule has 2 aromatic carbocycles. The first-order valence-electron chi connectivity index (χ1n) is 11.2. The molecule has 0 saturated carbocycles. The minimum absolute atomic E-state index is 0.0485. The molecule has 0 aliphatic heterocycles. The average Bonchev–Trinajstić information content (AvgIpc) is 3.46. The second-order valence-corrected chi connectivity index (χ2v) is 9.40. The molecule has 0 bridgehead atoms. The van der Waals surface area contributed by atoms with Gasteiger partial charge in [-0.2, -0.15) is 0 Å². The van der Waals surface area contributed by atoms with Gasteiger partial charge in [0.25, 0.3) is 0 Å². The molecule has 0 radical (unpaired) electrons. The molecule has 0 aliphatic rings. The van der Waals surface area contributed by atoms with Gasteiger partial charge in [-0.25, -0.2) is 9.78 Å². The summed E-state index contributed by atoms with van der Waals surface area (Å²) in [6, 6.07) is 11.9. The third-order valence-corrected chi connectivity index (χ3v) is 6.42. The summed E-state index contributed by atoms with van der Waals surface area (Å²) in [5.41, 5.74) is 2.52. The van der Waals surface area contributed by atoms with Gasteiger partial charge in [-0.15, -0.1) is 0 Å². The first-order valence-corrected chi connectivity index (χ1v) is 12.0. The number of aromatic amines is 1. The van der Waals surface area contributed by atoms with Crippen molar-refractivity contribution in [2.24, 2.45) is 5.92 Å². The van der Waals surface area contributed by atoms with Gasteiger partial charge in [-0.3, -0.25) is 4.79 Å². The van der Waals surface area contributed by atoms with E-state index in [0.717, 1.165) is 20.9 Å². The Bertz CT molecular complexity index is 1360. The van der Waals surface area contributed by atoms with Crippen molar-refractivity contribution in [1.29, 1.82) is 0 Å². The predicted molar refractivity (Wildman–Crippen MR) is 135 cm³/mol. The van der Waals surface area contributed by atoms with Crippen molar-refractivity contribution < 1.29 is 23.8 Å². The lowest BCUT2D eigenvalue weighted by Crippen LogP contribution is -2.32. The SMILES string of the molecule is COC(=O)c1nc(C(NC(=O)CCc2ccc(O)cc2)C(C)C)oc1-c1c[nH]c2c(Br)cccc12. The molecular weight excluding hydrogens is 514 g/mol. The number of hydrogen-bond donors (Lipinski definition) is 3. The highest BCUT2D eigenvalue weighted by Gasteiger charge is 2.30. The zero-order valence-corrected chi connectivity index (χ0v) is 21.2. The van der Waals surface area contributed by atoms with Gasteiger partial charge in [0.2, 0.25) is 11.8 Å². The van der Waals surface area contributed by atoms with Crippen molar-refractivity contribution in [3.63, 3.8) is 0 Å². The minimum Gasteiger partial charge on any atom is -0.508 e. The maximum atomic E-state index is 12.8. The molecule has 3 N–H and O–H groups in total. The van der Waals surface area contributed by atoms with Crippen LogP contribution >= 0.6 is 15.9 Å². The molecule has 0 spiro atoms. The van der Waals surface area contributed by atoms with E-state index in [1.165, 1.54) is 7.11 Å². The number of methoxy groups -OCH3 is 1. The van der Waals surface area contributed by atoms with E-state index in [4.69, 9.17) is 9.15 Å². The standard InChI is InChI=1S/C26H26BrN3O5/c1-14(2)21(29-20(32)12-9-15-7-10-16(31)11-8-15)25-30-23(26(33)34-3)24(35-25)18-13-28-22-17(18)5-4-6-19(22)27/h4-8,10-11,13-14,21,28,31H,9,12H2,1-3H3,(H,29,32). The van der Waals surface area contributed by atoms with E-state index >= 15 is 0 Å². The number of carbonyl (C=O) groups is 2. The predicted octanol–water partition coefficient (Wildman–Crippen LogP) is 5.52. The zero-order valence-electron chi connectivity index (χ0n) is 19.6. The largest absolute Gasteiger partial charge is 0.508 e. The van der Waals surface area contributed by atoms with Gasteiger partial charge in [0, 0.05) is 28.0 Å². The molecule has 4 aromatic rings. The second-order valence-electron chi connectivity index (χ2n) is 8.54. The number of halogens is 1. The van der Waals surface area contributed by atoms with Crippen LogP contribution < -0.4 is 5.32 Å². The van der Waals surface area contributed by atoms with Gasteiger partial charge in [-0.05, 0) is 52.0 Å². The monoisotopic (exact) mass is 539 g/mol. The van der Waals surface area contributed by atoms with E-state index in [1.54, 1.807) is 30.5 Å². The molecule has 4 rings (SSSR count). The Balaban J connectivity index is 1.63. The van der Waals surface area contributed by atoms with Gasteiger partial charge in [0.05, 0.1) is 12.6 Å². The molecule has 1 atom stereocenters. The second kappa shape index (κ2) is 10.4. The number of esters is 1. The van der Waals surface area contributed by atoms with Crippen LogP contribution in [-0.2, 0) is 16.0 Å². The summed E-state index contributed by atoms with van der Waals surface area (Å²) in [6.07, 6.45) is 2.53. The number of rotatable bonds is 8. The first kappa shape index (κ1) is 24.5. The Morgan fingerprint density at radius 3 is 2.63 bits per heavy atom. The lowest BCUT2D eigenvalue weighted by atomic mass is 10.0. The van der Waals surface area contributed by atoms with Gasteiger partial charge in [0.1, 0.15) is 11.8 Å². The van der Waals surface area contributed by atoms with Gasteiger partial charge in [0.15, 0.2) is 11.5 Å². The Hall–Kier alpha value is -3.59. The highest BCUT2D eigenvalue weighted by Crippen LogP contribution is 2.36. The van der Waals surface area contributed by atoms with Crippen LogP contribution in [0.25, 0.3) is 22.2 Å². The molecule has 8 nitrogen and oxygen atoms in total. The number of hydrogen-bond acceptors (Lipinski definition) is 6. The molecule has 2 aromatic heterocycles. The molecule has 35 heavy (non-hydrogen) atoms. The van der Waals surface area contributed by atoms with Crippen molar-refractivity contribution in [3.8, 4) is 17.1 Å². The lowest BCUT2D eigenvalue weighted by molar-refractivity contribution is -0.122. The number of fused-ring (bicyclic) bond motifs is 1. The Morgan fingerprint density at radius 1 is 1.20 bits per heavy atom. The van der Waals surface area contributed by atoms with Gasteiger partial charge in [-0.1, -0.05) is 38.1 Å². The molecule has 2 heterocycles. The van der Waals surface area contributed by atoms with E-state index in [0.29, 0.717) is 12.0 Å². The van der Waals surface area contributed by atoms with Crippen molar-refractivity contribution >= 4 is 38.7 Å². The van der Waals surface area contributed by atoms with Crippen LogP contribution in [0.5, 0.6) is 5.75 Å².